The molecular formula is C13H16ClN3OS. The molecule has 0 aliphatic carbocycles. The van der Waals surface area contributed by atoms with Crippen LogP contribution in [0.25, 0.3) is 0 Å². The van der Waals surface area contributed by atoms with Gasteiger partial charge in [-0.25, -0.2) is 4.68 Å². The molecule has 1 N–H and O–H groups in total. The van der Waals surface area contributed by atoms with Crippen molar-refractivity contribution in [2.24, 2.45) is 0 Å². The maximum absolute atomic E-state index is 11.8. The van der Waals surface area contributed by atoms with E-state index in [4.69, 9.17) is 11.6 Å². The van der Waals surface area contributed by atoms with Gasteiger partial charge in [0.1, 0.15) is 5.02 Å². The molecule has 6 heteroatoms. The zero-order valence-corrected chi connectivity index (χ0v) is 12.5. The van der Waals surface area contributed by atoms with E-state index >= 15 is 0 Å². The molecular weight excluding hydrogens is 282 g/mol. The highest BCUT2D eigenvalue weighted by Crippen LogP contribution is 2.20. The van der Waals surface area contributed by atoms with E-state index in [9.17, 15) is 4.79 Å². The number of anilines is 1. The fraction of sp³-hybridized carbons (Fsp3) is 0.385. The Morgan fingerprint density at radius 3 is 2.74 bits per heavy atom. The van der Waals surface area contributed by atoms with Crippen molar-refractivity contribution in [1.29, 1.82) is 0 Å². The number of halogens is 1. The Bertz CT molecular complexity index is 621. The van der Waals surface area contributed by atoms with Crippen molar-refractivity contribution in [2.75, 3.05) is 5.32 Å². The largest absolute Gasteiger partial charge is 0.377 e. The summed E-state index contributed by atoms with van der Waals surface area (Å²) in [5, 5.41) is 7.41. The third-order valence-corrected chi connectivity index (χ3v) is 4.40. The molecule has 2 rings (SSSR count). The normalized spacial score (nSPS) is 10.7. The van der Waals surface area contributed by atoms with Crippen molar-refractivity contribution in [2.45, 2.75) is 33.4 Å². The first-order chi connectivity index (χ1) is 9.15. The van der Waals surface area contributed by atoms with Gasteiger partial charge in [-0.2, -0.15) is 5.10 Å². The Hall–Kier alpha value is -1.33. The number of aryl methyl sites for hydroxylation is 2. The molecule has 19 heavy (non-hydrogen) atoms. The van der Waals surface area contributed by atoms with Gasteiger partial charge in [-0.1, -0.05) is 18.5 Å². The second-order valence-corrected chi connectivity index (χ2v) is 5.70. The smallest absolute Gasteiger partial charge is 0.287 e. The first kappa shape index (κ1) is 14.1. The highest BCUT2D eigenvalue weighted by atomic mass is 35.5. The average molecular weight is 298 g/mol. The predicted octanol–water partition coefficient (Wildman–Crippen LogP) is 3.15. The zero-order valence-electron chi connectivity index (χ0n) is 10.9. The number of aromatic nitrogens is 2. The molecule has 0 saturated heterocycles. The molecule has 0 atom stereocenters. The molecule has 2 aromatic heterocycles. The van der Waals surface area contributed by atoms with Crippen LogP contribution in [0.1, 0.15) is 23.6 Å². The van der Waals surface area contributed by atoms with Gasteiger partial charge in [-0.05, 0) is 25.5 Å². The van der Waals surface area contributed by atoms with Gasteiger partial charge < -0.3 is 5.32 Å². The number of nitrogens with one attached hydrogen (secondary N) is 1. The number of thiophene rings is 1. The molecule has 0 saturated carbocycles. The minimum atomic E-state index is -0.255. The number of nitrogens with zero attached hydrogens (tertiary/aromatic N) is 2. The van der Waals surface area contributed by atoms with Gasteiger partial charge in [0.25, 0.3) is 5.56 Å². The molecule has 4 nitrogen and oxygen atoms in total. The van der Waals surface area contributed by atoms with Gasteiger partial charge in [0.15, 0.2) is 0 Å². The third-order valence-electron chi connectivity index (χ3n) is 2.80. The Balaban J connectivity index is 2.11. The molecule has 2 aromatic rings. The summed E-state index contributed by atoms with van der Waals surface area (Å²) in [7, 11) is 0. The monoisotopic (exact) mass is 297 g/mol. The van der Waals surface area contributed by atoms with E-state index in [1.54, 1.807) is 17.5 Å². The molecule has 0 amide bonds. The Labute approximate surface area is 121 Å². The van der Waals surface area contributed by atoms with Crippen molar-refractivity contribution < 1.29 is 0 Å². The summed E-state index contributed by atoms with van der Waals surface area (Å²) in [4.78, 5) is 14.4. The lowest BCUT2D eigenvalue weighted by atomic mass is 10.3. The zero-order chi connectivity index (χ0) is 13.8. The standard InChI is InChI=1S/C13H16ClN3OS/c1-3-9-5-6-10(19-9)7-15-11-8-16-17(4-2)13(18)12(11)14/h5-6,8,15H,3-4,7H2,1-2H3. The fourth-order valence-corrected chi connectivity index (χ4v) is 2.81. The molecule has 0 fully saturated rings. The van der Waals surface area contributed by atoms with E-state index in [2.05, 4.69) is 29.5 Å². The molecule has 2 heterocycles. The highest BCUT2D eigenvalue weighted by Gasteiger charge is 2.08. The average Bonchev–Trinajstić information content (AvgIpc) is 2.88. The van der Waals surface area contributed by atoms with Crippen LogP contribution in [0, 0.1) is 0 Å². The summed E-state index contributed by atoms with van der Waals surface area (Å²) in [6.07, 6.45) is 2.64. The van der Waals surface area contributed by atoms with Crippen LogP contribution in [0.15, 0.2) is 23.1 Å². The molecule has 0 aliphatic rings. The summed E-state index contributed by atoms with van der Waals surface area (Å²) in [6, 6.07) is 4.21. The van der Waals surface area contributed by atoms with Crippen LogP contribution in [0.5, 0.6) is 0 Å². The van der Waals surface area contributed by atoms with E-state index in [0.29, 0.717) is 18.8 Å². The van der Waals surface area contributed by atoms with E-state index in [0.717, 1.165) is 6.42 Å². The Morgan fingerprint density at radius 1 is 1.37 bits per heavy atom. The van der Waals surface area contributed by atoms with Gasteiger partial charge in [0.05, 0.1) is 11.9 Å². The minimum Gasteiger partial charge on any atom is -0.377 e. The lowest BCUT2D eigenvalue weighted by Crippen LogP contribution is -2.23. The van der Waals surface area contributed by atoms with Crippen LogP contribution in [-0.4, -0.2) is 9.78 Å². The van der Waals surface area contributed by atoms with Gasteiger partial charge in [-0.15, -0.1) is 11.3 Å². The van der Waals surface area contributed by atoms with Crippen molar-refractivity contribution in [3.63, 3.8) is 0 Å². The summed E-state index contributed by atoms with van der Waals surface area (Å²) in [5.74, 6) is 0. The quantitative estimate of drug-likeness (QED) is 0.922. The van der Waals surface area contributed by atoms with Crippen LogP contribution in [0.3, 0.4) is 0 Å². The van der Waals surface area contributed by atoms with Gasteiger partial charge >= 0.3 is 0 Å². The maximum atomic E-state index is 11.8. The molecule has 0 aliphatic heterocycles. The van der Waals surface area contributed by atoms with E-state index < -0.39 is 0 Å². The summed E-state index contributed by atoms with van der Waals surface area (Å²) in [6.45, 7) is 5.16. The van der Waals surface area contributed by atoms with Crippen LogP contribution < -0.4 is 10.9 Å². The number of rotatable bonds is 5. The molecule has 0 bridgehead atoms. The summed E-state index contributed by atoms with van der Waals surface area (Å²) >= 11 is 7.80. The van der Waals surface area contributed by atoms with Crippen LogP contribution in [0.4, 0.5) is 5.69 Å². The molecule has 0 spiro atoms. The SMILES string of the molecule is CCc1ccc(CNc2cnn(CC)c(=O)c2Cl)s1. The first-order valence-electron chi connectivity index (χ1n) is 6.22. The van der Waals surface area contributed by atoms with Crippen molar-refractivity contribution in [3.05, 3.63) is 43.5 Å². The Kier molecular flexibility index (Phi) is 4.61. The van der Waals surface area contributed by atoms with Crippen LogP contribution >= 0.6 is 22.9 Å². The highest BCUT2D eigenvalue weighted by molar-refractivity contribution is 7.12. The second kappa shape index (κ2) is 6.21. The first-order valence-corrected chi connectivity index (χ1v) is 7.42. The minimum absolute atomic E-state index is 0.198. The van der Waals surface area contributed by atoms with Crippen molar-refractivity contribution >= 4 is 28.6 Å². The molecule has 0 aromatic carbocycles. The topological polar surface area (TPSA) is 46.9 Å². The predicted molar refractivity (Wildman–Crippen MR) is 80.2 cm³/mol. The van der Waals surface area contributed by atoms with Crippen LogP contribution in [0.2, 0.25) is 5.02 Å². The van der Waals surface area contributed by atoms with E-state index in [-0.39, 0.29) is 10.6 Å². The number of hydrogen-bond donors (Lipinski definition) is 1. The summed E-state index contributed by atoms with van der Waals surface area (Å²) < 4.78 is 1.34. The maximum Gasteiger partial charge on any atom is 0.287 e. The van der Waals surface area contributed by atoms with Gasteiger partial charge in [-0.3, -0.25) is 4.79 Å². The number of hydrogen-bond acceptors (Lipinski definition) is 4. The lowest BCUT2D eigenvalue weighted by Gasteiger charge is -2.08. The lowest BCUT2D eigenvalue weighted by molar-refractivity contribution is 0.616. The van der Waals surface area contributed by atoms with Crippen LogP contribution in [-0.2, 0) is 19.5 Å². The van der Waals surface area contributed by atoms with E-state index in [1.807, 2.05) is 6.92 Å². The van der Waals surface area contributed by atoms with Crippen molar-refractivity contribution in [1.82, 2.24) is 9.78 Å². The third kappa shape index (κ3) is 3.16. The van der Waals surface area contributed by atoms with Gasteiger partial charge in [0, 0.05) is 22.8 Å². The molecule has 0 radical (unpaired) electrons. The molecule has 0 unspecified atom stereocenters. The van der Waals surface area contributed by atoms with E-state index in [1.165, 1.54) is 14.4 Å². The van der Waals surface area contributed by atoms with Crippen molar-refractivity contribution in [3.8, 4) is 0 Å². The second-order valence-electron chi connectivity index (χ2n) is 4.07. The summed E-state index contributed by atoms with van der Waals surface area (Å²) in [5.41, 5.74) is 0.331. The molecule has 102 valence electrons. The fourth-order valence-electron chi connectivity index (χ4n) is 1.70. The Morgan fingerprint density at radius 2 is 2.11 bits per heavy atom. The van der Waals surface area contributed by atoms with Gasteiger partial charge in [0.2, 0.25) is 0 Å².